The molecule has 0 atom stereocenters. The highest BCUT2D eigenvalue weighted by Crippen LogP contribution is 2.36. The first kappa shape index (κ1) is 18.0. The number of carbonyl (C=O) groups excluding carboxylic acids is 1. The molecule has 0 aromatic carbocycles. The fraction of sp³-hybridized carbons (Fsp3) is 0.462. The SMILES string of the molecule is CC(C)(C)OC(=O)C1=C(O)c2nccnc2N(CC(F)F)S1(=O)=O. The minimum absolute atomic E-state index is 0.235. The molecule has 1 aromatic heterocycles. The van der Waals surface area contributed by atoms with Crippen molar-refractivity contribution in [2.75, 3.05) is 10.8 Å². The van der Waals surface area contributed by atoms with Crippen molar-refractivity contribution in [3.05, 3.63) is 23.0 Å². The van der Waals surface area contributed by atoms with Gasteiger partial charge >= 0.3 is 5.97 Å². The zero-order valence-electron chi connectivity index (χ0n) is 13.0. The molecule has 0 saturated carbocycles. The summed E-state index contributed by atoms with van der Waals surface area (Å²) in [6.45, 7) is 3.22. The number of anilines is 1. The van der Waals surface area contributed by atoms with Crippen molar-refractivity contribution in [1.82, 2.24) is 9.97 Å². The van der Waals surface area contributed by atoms with Crippen molar-refractivity contribution >= 4 is 27.6 Å². The van der Waals surface area contributed by atoms with Crippen molar-refractivity contribution in [2.45, 2.75) is 32.8 Å². The average Bonchev–Trinajstić information content (AvgIpc) is 2.41. The molecule has 132 valence electrons. The summed E-state index contributed by atoms with van der Waals surface area (Å²) < 4.78 is 55.9. The van der Waals surface area contributed by atoms with Crippen LogP contribution >= 0.6 is 0 Å². The van der Waals surface area contributed by atoms with Crippen molar-refractivity contribution in [3.63, 3.8) is 0 Å². The fourth-order valence-electron chi connectivity index (χ4n) is 1.97. The summed E-state index contributed by atoms with van der Waals surface area (Å²) in [4.78, 5) is 18.4. The second-order valence-corrected chi connectivity index (χ2v) is 7.63. The molecule has 0 unspecified atom stereocenters. The Balaban J connectivity index is 2.67. The van der Waals surface area contributed by atoms with Crippen LogP contribution in [0.15, 0.2) is 17.3 Å². The van der Waals surface area contributed by atoms with Crippen molar-refractivity contribution in [2.24, 2.45) is 0 Å². The van der Waals surface area contributed by atoms with Gasteiger partial charge in [-0.05, 0) is 20.8 Å². The number of hydrogen-bond acceptors (Lipinski definition) is 7. The lowest BCUT2D eigenvalue weighted by Gasteiger charge is -2.30. The molecule has 1 aromatic rings. The third-order valence-corrected chi connectivity index (χ3v) is 4.57. The minimum Gasteiger partial charge on any atom is -0.504 e. The van der Waals surface area contributed by atoms with Crippen LogP contribution in [-0.2, 0) is 19.6 Å². The molecule has 0 bridgehead atoms. The molecule has 0 spiro atoms. The van der Waals surface area contributed by atoms with Crippen LogP contribution in [0.25, 0.3) is 5.76 Å². The number of hydrogen-bond donors (Lipinski definition) is 1. The largest absolute Gasteiger partial charge is 0.504 e. The minimum atomic E-state index is -4.79. The maximum Gasteiger partial charge on any atom is 0.356 e. The molecule has 0 radical (unpaired) electrons. The lowest BCUT2D eigenvalue weighted by molar-refractivity contribution is -0.149. The number of aliphatic hydroxyl groups is 1. The van der Waals surface area contributed by atoms with Crippen LogP contribution in [-0.4, -0.2) is 48.0 Å². The van der Waals surface area contributed by atoms with Gasteiger partial charge in [-0.2, -0.15) is 0 Å². The van der Waals surface area contributed by atoms with Crippen LogP contribution in [0.1, 0.15) is 26.5 Å². The number of nitrogens with zero attached hydrogens (tertiary/aromatic N) is 3. The third kappa shape index (κ3) is 3.30. The van der Waals surface area contributed by atoms with Gasteiger partial charge in [0.25, 0.3) is 16.4 Å². The van der Waals surface area contributed by atoms with Crippen molar-refractivity contribution in [3.8, 4) is 0 Å². The summed E-state index contributed by atoms with van der Waals surface area (Å²) in [7, 11) is -4.79. The lowest BCUT2D eigenvalue weighted by atomic mass is 10.2. The van der Waals surface area contributed by atoms with E-state index in [1.807, 2.05) is 0 Å². The molecular formula is C13H15F2N3O5S. The Bertz CT molecular complexity index is 802. The molecule has 24 heavy (non-hydrogen) atoms. The van der Waals surface area contributed by atoms with Gasteiger partial charge in [-0.25, -0.2) is 36.3 Å². The number of aliphatic hydroxyl groups excluding tert-OH is 1. The predicted octanol–water partition coefficient (Wildman–Crippen LogP) is 1.46. The first-order valence-electron chi connectivity index (χ1n) is 6.74. The molecule has 1 aliphatic rings. The van der Waals surface area contributed by atoms with E-state index in [0.717, 1.165) is 12.4 Å². The number of rotatable bonds is 3. The molecule has 2 rings (SSSR count). The number of carbonyl (C=O) groups is 1. The molecule has 11 heteroatoms. The van der Waals surface area contributed by atoms with Gasteiger partial charge in [0.15, 0.2) is 11.6 Å². The molecule has 0 saturated heterocycles. The van der Waals surface area contributed by atoms with Crippen LogP contribution in [0, 0.1) is 0 Å². The van der Waals surface area contributed by atoms with Crippen LogP contribution < -0.4 is 4.31 Å². The summed E-state index contributed by atoms with van der Waals surface area (Å²) in [5.74, 6) is -2.84. The number of ether oxygens (including phenoxy) is 1. The maximum absolute atomic E-state index is 12.8. The second-order valence-electron chi connectivity index (χ2n) is 5.84. The van der Waals surface area contributed by atoms with Gasteiger partial charge in [0.2, 0.25) is 4.91 Å². The summed E-state index contributed by atoms with van der Waals surface area (Å²) in [6, 6.07) is 0. The van der Waals surface area contributed by atoms with E-state index in [1.165, 1.54) is 20.8 Å². The molecular weight excluding hydrogens is 348 g/mol. The number of fused-ring (bicyclic) bond motifs is 1. The zero-order valence-corrected chi connectivity index (χ0v) is 13.8. The Morgan fingerprint density at radius 1 is 1.33 bits per heavy atom. The third-order valence-electron chi connectivity index (χ3n) is 2.79. The van der Waals surface area contributed by atoms with Gasteiger partial charge in [-0.15, -0.1) is 0 Å². The van der Waals surface area contributed by atoms with Crippen LogP contribution in [0.2, 0.25) is 0 Å². The van der Waals surface area contributed by atoms with E-state index in [2.05, 4.69) is 9.97 Å². The highest BCUT2D eigenvalue weighted by molar-refractivity contribution is 7.97. The second kappa shape index (κ2) is 5.96. The Kier molecular flexibility index (Phi) is 4.48. The quantitative estimate of drug-likeness (QED) is 0.810. The van der Waals surface area contributed by atoms with Gasteiger partial charge in [0.1, 0.15) is 11.3 Å². The van der Waals surface area contributed by atoms with Gasteiger partial charge in [-0.3, -0.25) is 0 Å². The van der Waals surface area contributed by atoms with Gasteiger partial charge in [0.05, 0.1) is 6.54 Å². The summed E-state index contributed by atoms with van der Waals surface area (Å²) in [6.07, 6.45) is -0.825. The molecule has 1 N–H and O–H groups in total. The molecule has 0 aliphatic carbocycles. The summed E-state index contributed by atoms with van der Waals surface area (Å²) in [5.41, 5.74) is -1.45. The van der Waals surface area contributed by atoms with E-state index < -0.39 is 56.7 Å². The number of alkyl halides is 2. The van der Waals surface area contributed by atoms with E-state index >= 15 is 0 Å². The fourth-order valence-corrected chi connectivity index (χ4v) is 3.45. The van der Waals surface area contributed by atoms with E-state index in [1.54, 1.807) is 0 Å². The number of sulfonamides is 1. The number of halogens is 2. The van der Waals surface area contributed by atoms with E-state index in [-0.39, 0.29) is 4.31 Å². The first-order valence-corrected chi connectivity index (χ1v) is 8.18. The van der Waals surface area contributed by atoms with E-state index in [9.17, 15) is 27.1 Å². The monoisotopic (exact) mass is 363 g/mol. The Morgan fingerprint density at radius 3 is 2.46 bits per heavy atom. The molecule has 0 fully saturated rings. The topological polar surface area (TPSA) is 110 Å². The summed E-state index contributed by atoms with van der Waals surface area (Å²) in [5, 5.41) is 10.2. The highest BCUT2D eigenvalue weighted by atomic mass is 32.2. The normalized spacial score (nSPS) is 17.0. The van der Waals surface area contributed by atoms with Gasteiger partial charge in [0, 0.05) is 12.4 Å². The predicted molar refractivity (Wildman–Crippen MR) is 79.7 cm³/mol. The van der Waals surface area contributed by atoms with E-state index in [4.69, 9.17) is 4.74 Å². The van der Waals surface area contributed by atoms with Gasteiger partial charge in [-0.1, -0.05) is 0 Å². The molecule has 2 heterocycles. The van der Waals surface area contributed by atoms with Crippen molar-refractivity contribution < 1.29 is 31.8 Å². The highest BCUT2D eigenvalue weighted by Gasteiger charge is 2.45. The number of aromatic nitrogens is 2. The lowest BCUT2D eigenvalue weighted by Crippen LogP contribution is -2.43. The molecule has 8 nitrogen and oxygen atoms in total. The first-order chi connectivity index (χ1) is 10.9. The smallest absolute Gasteiger partial charge is 0.356 e. The van der Waals surface area contributed by atoms with Crippen LogP contribution in [0.4, 0.5) is 14.6 Å². The van der Waals surface area contributed by atoms with E-state index in [0.29, 0.717) is 0 Å². The molecule has 0 amide bonds. The summed E-state index contributed by atoms with van der Waals surface area (Å²) >= 11 is 0. The Labute approximate surface area is 136 Å². The van der Waals surface area contributed by atoms with Crippen molar-refractivity contribution in [1.29, 1.82) is 0 Å². The standard InChI is InChI=1S/C13H15F2N3O5S/c1-13(2,3)23-12(20)10-9(19)8-11(17-5-4-16-8)18(6-7(14)15)24(10,21)22/h4-5,7,19H,6H2,1-3H3. The zero-order chi connectivity index (χ0) is 18.3. The van der Waals surface area contributed by atoms with Gasteiger partial charge < -0.3 is 9.84 Å². The maximum atomic E-state index is 12.8. The van der Waals surface area contributed by atoms with Crippen LogP contribution in [0.3, 0.4) is 0 Å². The number of esters is 1. The average molecular weight is 363 g/mol. The molecule has 1 aliphatic heterocycles. The Morgan fingerprint density at radius 2 is 1.92 bits per heavy atom. The Hall–Kier alpha value is -2.30. The van der Waals surface area contributed by atoms with Crippen LogP contribution in [0.5, 0.6) is 0 Å².